The van der Waals surface area contributed by atoms with Gasteiger partial charge in [0, 0.05) is 0 Å². The van der Waals surface area contributed by atoms with Crippen LogP contribution in [0.1, 0.15) is 12.5 Å². The first-order chi connectivity index (χ1) is 7.49. The van der Waals surface area contributed by atoms with Crippen LogP contribution in [0.25, 0.3) is 0 Å². The van der Waals surface area contributed by atoms with Crippen LogP contribution in [0.2, 0.25) is 0 Å². The van der Waals surface area contributed by atoms with E-state index >= 15 is 0 Å². The number of hydrogen-bond acceptors (Lipinski definition) is 3. The molecular formula is C10H12F2N2O2. The van der Waals surface area contributed by atoms with Crippen molar-refractivity contribution in [3.8, 4) is 5.75 Å². The van der Waals surface area contributed by atoms with Crippen LogP contribution < -0.4 is 16.0 Å². The Labute approximate surface area is 91.4 Å². The topological polar surface area (TPSA) is 64.3 Å². The van der Waals surface area contributed by atoms with Crippen molar-refractivity contribution in [1.29, 1.82) is 0 Å². The highest BCUT2D eigenvalue weighted by molar-refractivity contribution is 5.81. The van der Waals surface area contributed by atoms with Gasteiger partial charge in [0.05, 0.1) is 0 Å². The fourth-order valence-electron chi connectivity index (χ4n) is 1.07. The standard InChI is InChI=1S/C10H12F2N2O2/c1-2-7-3-5-8(6-4-7)16-10(11,12)9(15)14-13/h3-6H,2,13H2,1H3,(H,14,15). The monoisotopic (exact) mass is 230 g/mol. The molecule has 1 aromatic carbocycles. The molecule has 0 aliphatic rings. The van der Waals surface area contributed by atoms with Gasteiger partial charge in [-0.1, -0.05) is 19.1 Å². The molecule has 88 valence electrons. The molecule has 0 saturated heterocycles. The summed E-state index contributed by atoms with van der Waals surface area (Å²) in [6.45, 7) is 1.94. The Bertz CT molecular complexity index is 366. The third-order valence-electron chi connectivity index (χ3n) is 1.97. The van der Waals surface area contributed by atoms with E-state index in [9.17, 15) is 13.6 Å². The summed E-state index contributed by atoms with van der Waals surface area (Å²) in [4.78, 5) is 10.6. The van der Waals surface area contributed by atoms with Gasteiger partial charge in [-0.25, -0.2) is 5.84 Å². The second-order valence-electron chi connectivity index (χ2n) is 3.09. The van der Waals surface area contributed by atoms with Crippen LogP contribution >= 0.6 is 0 Å². The van der Waals surface area contributed by atoms with Crippen molar-refractivity contribution in [1.82, 2.24) is 5.43 Å². The van der Waals surface area contributed by atoms with Crippen LogP contribution in [0, 0.1) is 0 Å². The number of carbonyl (C=O) groups excluding carboxylic acids is 1. The van der Waals surface area contributed by atoms with Gasteiger partial charge in [-0.3, -0.25) is 10.2 Å². The number of nitrogens with two attached hydrogens (primary N) is 1. The molecule has 1 rings (SSSR count). The molecule has 0 spiro atoms. The largest absolute Gasteiger partial charge is 0.483 e. The number of amides is 1. The highest BCUT2D eigenvalue weighted by Gasteiger charge is 2.41. The molecule has 0 aliphatic heterocycles. The van der Waals surface area contributed by atoms with Gasteiger partial charge in [-0.2, -0.15) is 8.78 Å². The van der Waals surface area contributed by atoms with Gasteiger partial charge < -0.3 is 4.74 Å². The molecule has 0 saturated carbocycles. The maximum Gasteiger partial charge on any atom is 0.483 e. The smallest absolute Gasteiger partial charge is 0.425 e. The number of aryl methyl sites for hydroxylation is 1. The fourth-order valence-corrected chi connectivity index (χ4v) is 1.07. The Morgan fingerprint density at radius 1 is 1.44 bits per heavy atom. The number of carbonyl (C=O) groups is 1. The van der Waals surface area contributed by atoms with E-state index in [0.717, 1.165) is 12.0 Å². The quantitative estimate of drug-likeness (QED) is 0.464. The van der Waals surface area contributed by atoms with Gasteiger partial charge in [0.15, 0.2) is 0 Å². The molecule has 0 aromatic heterocycles. The van der Waals surface area contributed by atoms with Gasteiger partial charge in [0.1, 0.15) is 5.75 Å². The van der Waals surface area contributed by atoms with Crippen LogP contribution in [0.3, 0.4) is 0 Å². The van der Waals surface area contributed by atoms with Crippen molar-refractivity contribution in [2.45, 2.75) is 19.5 Å². The zero-order chi connectivity index (χ0) is 12.2. The van der Waals surface area contributed by atoms with Crippen LogP contribution in [-0.2, 0) is 11.2 Å². The van der Waals surface area contributed by atoms with Crippen LogP contribution in [0.4, 0.5) is 8.78 Å². The highest BCUT2D eigenvalue weighted by Crippen LogP contribution is 2.22. The zero-order valence-electron chi connectivity index (χ0n) is 8.67. The molecule has 0 unspecified atom stereocenters. The van der Waals surface area contributed by atoms with Crippen molar-refractivity contribution < 1.29 is 18.3 Å². The van der Waals surface area contributed by atoms with E-state index in [1.807, 2.05) is 6.92 Å². The van der Waals surface area contributed by atoms with Crippen LogP contribution in [-0.4, -0.2) is 12.0 Å². The molecule has 0 bridgehead atoms. The molecule has 0 fully saturated rings. The van der Waals surface area contributed by atoms with E-state index in [1.165, 1.54) is 17.6 Å². The van der Waals surface area contributed by atoms with Crippen LogP contribution in [0.5, 0.6) is 5.75 Å². The summed E-state index contributed by atoms with van der Waals surface area (Å²) in [5, 5.41) is 0. The molecule has 3 N–H and O–H groups in total. The Hall–Kier alpha value is -1.69. The number of ether oxygens (including phenoxy) is 1. The lowest BCUT2D eigenvalue weighted by atomic mass is 10.2. The number of hydrazine groups is 1. The van der Waals surface area contributed by atoms with Crippen molar-refractivity contribution in [2.24, 2.45) is 5.84 Å². The molecular weight excluding hydrogens is 218 g/mol. The minimum absolute atomic E-state index is 0.0919. The first kappa shape index (κ1) is 12.4. The maximum atomic E-state index is 13.0. The summed E-state index contributed by atoms with van der Waals surface area (Å²) in [5.41, 5.74) is 2.32. The van der Waals surface area contributed by atoms with E-state index in [1.54, 1.807) is 12.1 Å². The van der Waals surface area contributed by atoms with Gasteiger partial charge in [0.2, 0.25) is 0 Å². The SMILES string of the molecule is CCc1ccc(OC(F)(F)C(=O)NN)cc1. The second-order valence-corrected chi connectivity index (χ2v) is 3.09. The third-order valence-corrected chi connectivity index (χ3v) is 1.97. The fraction of sp³-hybridized carbons (Fsp3) is 0.300. The number of halogens is 2. The zero-order valence-corrected chi connectivity index (χ0v) is 8.67. The Morgan fingerprint density at radius 3 is 2.44 bits per heavy atom. The van der Waals surface area contributed by atoms with Crippen molar-refractivity contribution in [3.05, 3.63) is 29.8 Å². The molecule has 0 atom stereocenters. The minimum atomic E-state index is -3.97. The third kappa shape index (κ3) is 2.90. The second kappa shape index (κ2) is 4.89. The molecule has 1 amide bonds. The number of hydrogen-bond donors (Lipinski definition) is 2. The average Bonchev–Trinajstić information content (AvgIpc) is 2.28. The molecule has 0 heterocycles. The normalized spacial score (nSPS) is 11.0. The number of benzene rings is 1. The highest BCUT2D eigenvalue weighted by atomic mass is 19.3. The van der Waals surface area contributed by atoms with E-state index < -0.39 is 12.0 Å². The Kier molecular flexibility index (Phi) is 3.78. The number of alkyl halides is 2. The average molecular weight is 230 g/mol. The molecule has 4 nitrogen and oxygen atoms in total. The van der Waals surface area contributed by atoms with Gasteiger partial charge in [0.25, 0.3) is 0 Å². The first-order valence-electron chi connectivity index (χ1n) is 4.66. The molecule has 16 heavy (non-hydrogen) atoms. The summed E-state index contributed by atoms with van der Waals surface area (Å²) in [6, 6.07) is 6.03. The van der Waals surface area contributed by atoms with Gasteiger partial charge >= 0.3 is 12.0 Å². The first-order valence-corrected chi connectivity index (χ1v) is 4.66. The molecule has 1 aromatic rings. The van der Waals surface area contributed by atoms with Crippen LogP contribution in [0.15, 0.2) is 24.3 Å². The minimum Gasteiger partial charge on any atom is -0.425 e. The van der Waals surface area contributed by atoms with E-state index in [4.69, 9.17) is 0 Å². The number of nitrogens with one attached hydrogen (secondary N) is 1. The molecule has 6 heteroatoms. The number of rotatable bonds is 4. The Balaban J connectivity index is 2.76. The summed E-state index contributed by atoms with van der Waals surface area (Å²) >= 11 is 0. The molecule has 0 radical (unpaired) electrons. The predicted molar refractivity (Wildman–Crippen MR) is 53.7 cm³/mol. The van der Waals surface area contributed by atoms with Gasteiger partial charge in [-0.05, 0) is 24.1 Å². The summed E-state index contributed by atoms with van der Waals surface area (Å²) < 4.78 is 30.2. The Morgan fingerprint density at radius 2 is 2.00 bits per heavy atom. The lowest BCUT2D eigenvalue weighted by molar-refractivity contribution is -0.192. The van der Waals surface area contributed by atoms with E-state index in [2.05, 4.69) is 10.6 Å². The van der Waals surface area contributed by atoms with E-state index in [0.29, 0.717) is 0 Å². The van der Waals surface area contributed by atoms with Crippen molar-refractivity contribution in [2.75, 3.05) is 0 Å². The lowest BCUT2D eigenvalue weighted by Gasteiger charge is -2.15. The van der Waals surface area contributed by atoms with Gasteiger partial charge in [-0.15, -0.1) is 0 Å². The summed E-state index contributed by atoms with van der Waals surface area (Å²) in [7, 11) is 0. The summed E-state index contributed by atoms with van der Waals surface area (Å²) in [5.74, 6) is 2.82. The summed E-state index contributed by atoms with van der Waals surface area (Å²) in [6.07, 6.45) is -3.18. The van der Waals surface area contributed by atoms with Crippen molar-refractivity contribution in [3.63, 3.8) is 0 Å². The molecule has 0 aliphatic carbocycles. The maximum absolute atomic E-state index is 13.0. The predicted octanol–water partition coefficient (Wildman–Crippen LogP) is 1.21. The van der Waals surface area contributed by atoms with E-state index in [-0.39, 0.29) is 5.75 Å². The lowest BCUT2D eigenvalue weighted by Crippen LogP contribution is -2.47. The van der Waals surface area contributed by atoms with Crippen molar-refractivity contribution >= 4 is 5.91 Å².